The molecule has 0 atom stereocenters. The minimum atomic E-state index is -0.397. The highest BCUT2D eigenvalue weighted by molar-refractivity contribution is 7.80. The number of hydrogen-bond donors (Lipinski definition) is 2. The smallest absolute Gasteiger partial charge is 0.367 e. The molecule has 1 fully saturated rings. The monoisotopic (exact) mass is 596 g/mol. The third-order valence-corrected chi connectivity index (χ3v) is 8.13. The van der Waals surface area contributed by atoms with E-state index in [0.717, 1.165) is 70.5 Å². The van der Waals surface area contributed by atoms with Gasteiger partial charge in [0.2, 0.25) is 5.82 Å². The van der Waals surface area contributed by atoms with Gasteiger partial charge < -0.3 is 35.2 Å². The van der Waals surface area contributed by atoms with Gasteiger partial charge in [0.1, 0.15) is 17.3 Å². The molecule has 0 spiro atoms. The number of imidazole rings is 1. The average Bonchev–Trinajstić information content (AvgIpc) is 3.62. The third kappa shape index (κ3) is 5.95. The number of nitro groups is 1. The zero-order valence-corrected chi connectivity index (χ0v) is 24.5. The van der Waals surface area contributed by atoms with Gasteiger partial charge in [-0.25, -0.2) is 4.57 Å². The number of aromatic nitrogens is 3. The van der Waals surface area contributed by atoms with E-state index >= 15 is 0 Å². The Morgan fingerprint density at radius 3 is 2.63 bits per heavy atom. The Labute approximate surface area is 254 Å². The van der Waals surface area contributed by atoms with Crippen LogP contribution in [0.4, 0.5) is 11.6 Å². The lowest BCUT2D eigenvalue weighted by Crippen LogP contribution is -2.19. The summed E-state index contributed by atoms with van der Waals surface area (Å²) >= 11 is 5.23. The van der Waals surface area contributed by atoms with Crippen LogP contribution in [0.15, 0.2) is 79.3 Å². The van der Waals surface area contributed by atoms with E-state index in [9.17, 15) is 10.1 Å². The van der Waals surface area contributed by atoms with Gasteiger partial charge in [-0.15, -0.1) is 0 Å². The van der Waals surface area contributed by atoms with Crippen LogP contribution < -0.4 is 15.8 Å². The SMILES string of the molecule is COc1ccc(Cn2cnc(NCc3ccc4c(-c5cccc(C(N)=S)c5)cn(C5CCOCC5)c4c3)c2[N+](=O)[O-])cc1. The zero-order chi connectivity index (χ0) is 29.9. The molecule has 0 aliphatic carbocycles. The largest absolute Gasteiger partial charge is 0.497 e. The quantitative estimate of drug-likeness (QED) is 0.113. The van der Waals surface area contributed by atoms with Crippen molar-refractivity contribution >= 4 is 39.7 Å². The maximum absolute atomic E-state index is 12.1. The van der Waals surface area contributed by atoms with E-state index in [1.807, 2.05) is 48.5 Å². The van der Waals surface area contributed by atoms with E-state index in [1.54, 1.807) is 7.11 Å². The lowest BCUT2D eigenvalue weighted by molar-refractivity contribution is -0.391. The Bertz CT molecular complexity index is 1790. The van der Waals surface area contributed by atoms with Crippen LogP contribution in [-0.4, -0.2) is 44.4 Å². The van der Waals surface area contributed by atoms with Crippen LogP contribution in [0.2, 0.25) is 0 Å². The first-order chi connectivity index (χ1) is 20.9. The molecule has 5 aromatic rings. The second-order valence-electron chi connectivity index (χ2n) is 10.6. The maximum Gasteiger partial charge on any atom is 0.367 e. The fourth-order valence-electron chi connectivity index (χ4n) is 5.66. The number of benzene rings is 3. The molecule has 43 heavy (non-hydrogen) atoms. The van der Waals surface area contributed by atoms with Gasteiger partial charge in [-0.2, -0.15) is 4.98 Å². The maximum atomic E-state index is 12.1. The van der Waals surface area contributed by atoms with Gasteiger partial charge in [0.05, 0.1) is 7.11 Å². The summed E-state index contributed by atoms with van der Waals surface area (Å²) in [5, 5.41) is 16.4. The summed E-state index contributed by atoms with van der Waals surface area (Å²) in [6, 6.07) is 22.0. The predicted octanol–water partition coefficient (Wildman–Crippen LogP) is 6.07. The third-order valence-electron chi connectivity index (χ3n) is 7.90. The molecular weight excluding hydrogens is 564 g/mol. The van der Waals surface area contributed by atoms with Crippen LogP contribution in [0.5, 0.6) is 5.75 Å². The molecule has 1 aliphatic heterocycles. The number of methoxy groups -OCH3 is 1. The van der Waals surface area contributed by atoms with Crippen LogP contribution >= 0.6 is 12.2 Å². The van der Waals surface area contributed by atoms with E-state index < -0.39 is 4.92 Å². The summed E-state index contributed by atoms with van der Waals surface area (Å²) in [7, 11) is 1.60. The molecule has 220 valence electrons. The molecule has 3 N–H and O–H groups in total. The first kappa shape index (κ1) is 28.4. The first-order valence-electron chi connectivity index (χ1n) is 14.1. The highest BCUT2D eigenvalue weighted by Gasteiger charge is 2.23. The Kier molecular flexibility index (Phi) is 8.08. The number of nitrogens with two attached hydrogens (primary N) is 1. The molecule has 0 bridgehead atoms. The summed E-state index contributed by atoms with van der Waals surface area (Å²) in [4.78, 5) is 16.4. The van der Waals surface area contributed by atoms with Crippen molar-refractivity contribution in [1.82, 2.24) is 14.1 Å². The van der Waals surface area contributed by atoms with Gasteiger partial charge in [0.25, 0.3) is 0 Å². The number of nitrogens with zero attached hydrogens (tertiary/aromatic N) is 4. The van der Waals surface area contributed by atoms with E-state index in [4.69, 9.17) is 27.4 Å². The lowest BCUT2D eigenvalue weighted by Gasteiger charge is -2.24. The zero-order valence-electron chi connectivity index (χ0n) is 23.7. The second-order valence-corrected chi connectivity index (χ2v) is 11.0. The molecule has 3 aromatic carbocycles. The van der Waals surface area contributed by atoms with Crippen molar-refractivity contribution in [3.63, 3.8) is 0 Å². The Balaban J connectivity index is 1.30. The van der Waals surface area contributed by atoms with Gasteiger partial charge in [-0.05, 0) is 58.7 Å². The average molecular weight is 597 g/mol. The van der Waals surface area contributed by atoms with Gasteiger partial charge in [-0.3, -0.25) is 0 Å². The van der Waals surface area contributed by atoms with Crippen LogP contribution in [-0.2, 0) is 17.8 Å². The van der Waals surface area contributed by atoms with Crippen LogP contribution in [0.1, 0.15) is 35.6 Å². The molecule has 0 unspecified atom stereocenters. The summed E-state index contributed by atoms with van der Waals surface area (Å²) in [6.45, 7) is 2.14. The molecule has 1 aliphatic rings. The van der Waals surface area contributed by atoms with Gasteiger partial charge in [-0.1, -0.05) is 54.7 Å². The second kappa shape index (κ2) is 12.2. The van der Waals surface area contributed by atoms with Crippen molar-refractivity contribution in [1.29, 1.82) is 0 Å². The van der Waals surface area contributed by atoms with Gasteiger partial charge in [0, 0.05) is 54.0 Å². The normalized spacial score (nSPS) is 13.7. The number of hydrogen-bond acceptors (Lipinski definition) is 7. The summed E-state index contributed by atoms with van der Waals surface area (Å²) in [5.41, 5.74) is 11.9. The summed E-state index contributed by atoms with van der Waals surface area (Å²) in [5.74, 6) is 0.877. The van der Waals surface area contributed by atoms with Crippen LogP contribution in [0, 0.1) is 10.1 Å². The van der Waals surface area contributed by atoms with E-state index in [0.29, 0.717) is 24.1 Å². The molecule has 11 heteroatoms. The van der Waals surface area contributed by atoms with Crippen LogP contribution in [0.3, 0.4) is 0 Å². The predicted molar refractivity (Wildman–Crippen MR) is 171 cm³/mol. The first-order valence-corrected chi connectivity index (χ1v) is 14.5. The van der Waals surface area contributed by atoms with Crippen molar-refractivity contribution in [3.8, 4) is 16.9 Å². The number of thiocarbonyl (C=S) groups is 1. The van der Waals surface area contributed by atoms with Crippen molar-refractivity contribution < 1.29 is 14.4 Å². The molecular formula is C32H32N6O4S. The number of rotatable bonds is 10. The molecule has 0 saturated carbocycles. The minimum absolute atomic E-state index is 0.0811. The Morgan fingerprint density at radius 2 is 1.91 bits per heavy atom. The van der Waals surface area contributed by atoms with Crippen molar-refractivity contribution in [3.05, 3.63) is 106 Å². The minimum Gasteiger partial charge on any atom is -0.497 e. The molecule has 10 nitrogen and oxygen atoms in total. The summed E-state index contributed by atoms with van der Waals surface area (Å²) < 4.78 is 14.7. The van der Waals surface area contributed by atoms with Gasteiger partial charge in [0.15, 0.2) is 6.33 Å². The highest BCUT2D eigenvalue weighted by atomic mass is 32.1. The van der Waals surface area contributed by atoms with Gasteiger partial charge >= 0.3 is 5.82 Å². The standard InChI is InChI=1S/C32H32N6O4S/c1-41-26-8-5-21(6-9-26)18-36-20-35-31(32(36)38(39)40)34-17-22-7-10-27-28(23-3-2-4-24(16-23)30(33)43)19-37(29(27)15-22)25-11-13-42-14-12-25/h2-10,15-16,19-20,25,34H,11-14,17-18H2,1H3,(H2,33,43). The molecule has 2 aromatic heterocycles. The van der Waals surface area contributed by atoms with E-state index in [-0.39, 0.29) is 11.6 Å². The van der Waals surface area contributed by atoms with E-state index in [1.165, 1.54) is 10.9 Å². The Morgan fingerprint density at radius 1 is 1.14 bits per heavy atom. The number of nitrogens with one attached hydrogen (secondary N) is 1. The van der Waals surface area contributed by atoms with Crippen LogP contribution in [0.25, 0.3) is 22.0 Å². The topological polar surface area (TPSA) is 122 Å². The molecule has 0 radical (unpaired) electrons. The van der Waals surface area contributed by atoms with E-state index in [2.05, 4.69) is 39.3 Å². The Hall–Kier alpha value is -4.74. The molecule has 3 heterocycles. The van der Waals surface area contributed by atoms with Crippen molar-refractivity contribution in [2.24, 2.45) is 5.73 Å². The van der Waals surface area contributed by atoms with Crippen molar-refractivity contribution in [2.45, 2.75) is 32.0 Å². The number of fused-ring (bicyclic) bond motifs is 1. The lowest BCUT2D eigenvalue weighted by atomic mass is 10.0. The highest BCUT2D eigenvalue weighted by Crippen LogP contribution is 2.36. The number of anilines is 1. The van der Waals surface area contributed by atoms with Crippen molar-refractivity contribution in [2.75, 3.05) is 25.6 Å². The molecule has 0 amide bonds. The summed E-state index contributed by atoms with van der Waals surface area (Å²) in [6.07, 6.45) is 5.56. The fraction of sp³-hybridized carbons (Fsp3) is 0.250. The number of ether oxygens (including phenoxy) is 2. The molecule has 1 saturated heterocycles. The molecule has 6 rings (SSSR count). The fourth-order valence-corrected chi connectivity index (χ4v) is 5.79.